The minimum absolute atomic E-state index is 0.125. The fourth-order valence-corrected chi connectivity index (χ4v) is 1.98. The molecule has 0 saturated carbocycles. The largest absolute Gasteiger partial charge is 0.306 e. The second kappa shape index (κ2) is 6.30. The number of hydrogen-bond acceptors (Lipinski definition) is 3. The van der Waals surface area contributed by atoms with Crippen molar-refractivity contribution in [2.75, 3.05) is 0 Å². The summed E-state index contributed by atoms with van der Waals surface area (Å²) in [6.07, 6.45) is 0. The smallest absolute Gasteiger partial charge is 0.269 e. The molecule has 0 bridgehead atoms. The lowest BCUT2D eigenvalue weighted by Gasteiger charge is -2.14. The van der Waals surface area contributed by atoms with Crippen LogP contribution in [-0.4, -0.2) is 4.92 Å². The van der Waals surface area contributed by atoms with Crippen LogP contribution in [0.5, 0.6) is 0 Å². The normalized spacial score (nSPS) is 12.1. The maximum absolute atomic E-state index is 10.6. The molecule has 4 heteroatoms. The number of non-ortho nitro benzene ring substituents is 1. The molecule has 1 N–H and O–H groups in total. The zero-order valence-electron chi connectivity index (χ0n) is 11.7. The Morgan fingerprint density at radius 3 is 2.25 bits per heavy atom. The molecule has 2 rings (SSSR count). The molecular weight excluding hydrogens is 252 g/mol. The fraction of sp³-hybridized carbons (Fsp3) is 0.250. The molecule has 0 aliphatic rings. The molecule has 0 aliphatic carbocycles. The van der Waals surface area contributed by atoms with Crippen molar-refractivity contribution in [3.05, 3.63) is 75.3 Å². The molecule has 0 aromatic heterocycles. The predicted molar refractivity (Wildman–Crippen MR) is 79.5 cm³/mol. The monoisotopic (exact) mass is 270 g/mol. The Bertz CT molecular complexity index is 576. The first-order chi connectivity index (χ1) is 9.56. The highest BCUT2D eigenvalue weighted by Gasteiger charge is 2.06. The van der Waals surface area contributed by atoms with Crippen molar-refractivity contribution in [1.29, 1.82) is 0 Å². The van der Waals surface area contributed by atoms with E-state index in [4.69, 9.17) is 0 Å². The van der Waals surface area contributed by atoms with Gasteiger partial charge in [-0.2, -0.15) is 0 Å². The van der Waals surface area contributed by atoms with Crippen molar-refractivity contribution >= 4 is 5.69 Å². The van der Waals surface area contributed by atoms with Gasteiger partial charge in [-0.3, -0.25) is 10.1 Å². The van der Waals surface area contributed by atoms with Crippen LogP contribution in [0, 0.1) is 17.0 Å². The van der Waals surface area contributed by atoms with Crippen LogP contribution in [0.3, 0.4) is 0 Å². The summed E-state index contributed by atoms with van der Waals surface area (Å²) in [6.45, 7) is 4.86. The first-order valence-corrected chi connectivity index (χ1v) is 6.59. The highest BCUT2D eigenvalue weighted by molar-refractivity contribution is 5.33. The number of nitro benzene ring substituents is 1. The molecule has 0 unspecified atom stereocenters. The van der Waals surface area contributed by atoms with Crippen LogP contribution in [0.15, 0.2) is 48.5 Å². The van der Waals surface area contributed by atoms with Crippen molar-refractivity contribution in [2.45, 2.75) is 26.4 Å². The molecule has 4 nitrogen and oxygen atoms in total. The lowest BCUT2D eigenvalue weighted by Crippen LogP contribution is -2.18. The second-order valence-corrected chi connectivity index (χ2v) is 4.94. The number of nitrogens with one attached hydrogen (secondary N) is 1. The second-order valence-electron chi connectivity index (χ2n) is 4.94. The first-order valence-electron chi connectivity index (χ1n) is 6.59. The number of hydrogen-bond donors (Lipinski definition) is 1. The molecule has 0 heterocycles. The van der Waals surface area contributed by atoms with Crippen LogP contribution >= 0.6 is 0 Å². The quantitative estimate of drug-likeness (QED) is 0.665. The molecule has 0 amide bonds. The highest BCUT2D eigenvalue weighted by Crippen LogP contribution is 2.15. The minimum Gasteiger partial charge on any atom is -0.306 e. The zero-order valence-corrected chi connectivity index (χ0v) is 11.7. The Kier molecular flexibility index (Phi) is 4.48. The molecule has 0 fully saturated rings. The van der Waals surface area contributed by atoms with Crippen molar-refractivity contribution < 1.29 is 4.92 Å². The Hall–Kier alpha value is -2.20. The zero-order chi connectivity index (χ0) is 14.5. The van der Waals surface area contributed by atoms with Gasteiger partial charge in [-0.25, -0.2) is 0 Å². The molecule has 0 radical (unpaired) electrons. The van der Waals surface area contributed by atoms with Gasteiger partial charge in [0.2, 0.25) is 0 Å². The van der Waals surface area contributed by atoms with Gasteiger partial charge in [0.1, 0.15) is 0 Å². The maximum atomic E-state index is 10.6. The van der Waals surface area contributed by atoms with E-state index in [9.17, 15) is 10.1 Å². The van der Waals surface area contributed by atoms with Crippen molar-refractivity contribution in [3.8, 4) is 0 Å². The third kappa shape index (κ3) is 3.65. The molecule has 2 aromatic carbocycles. The average Bonchev–Trinajstić information content (AvgIpc) is 2.46. The Balaban J connectivity index is 1.94. The summed E-state index contributed by atoms with van der Waals surface area (Å²) in [5, 5.41) is 14.0. The first kappa shape index (κ1) is 14.2. The van der Waals surface area contributed by atoms with Gasteiger partial charge in [-0.15, -0.1) is 0 Å². The topological polar surface area (TPSA) is 55.2 Å². The van der Waals surface area contributed by atoms with E-state index in [2.05, 4.69) is 43.4 Å². The summed E-state index contributed by atoms with van der Waals surface area (Å²) in [6, 6.07) is 15.3. The summed E-state index contributed by atoms with van der Waals surface area (Å²) in [5.74, 6) is 0. The van der Waals surface area contributed by atoms with E-state index in [1.54, 1.807) is 12.1 Å². The maximum Gasteiger partial charge on any atom is 0.269 e. The summed E-state index contributed by atoms with van der Waals surface area (Å²) in [4.78, 5) is 10.2. The Morgan fingerprint density at radius 1 is 1.10 bits per heavy atom. The predicted octanol–water partition coefficient (Wildman–Crippen LogP) is 3.75. The van der Waals surface area contributed by atoms with Crippen molar-refractivity contribution in [2.24, 2.45) is 0 Å². The van der Waals surface area contributed by atoms with E-state index in [1.165, 1.54) is 23.3 Å². The van der Waals surface area contributed by atoms with Gasteiger partial charge in [0, 0.05) is 24.7 Å². The Morgan fingerprint density at radius 2 is 1.70 bits per heavy atom. The lowest BCUT2D eigenvalue weighted by atomic mass is 10.1. The number of nitro groups is 1. The van der Waals surface area contributed by atoms with E-state index in [1.807, 2.05) is 0 Å². The summed E-state index contributed by atoms with van der Waals surface area (Å²) < 4.78 is 0. The highest BCUT2D eigenvalue weighted by atomic mass is 16.6. The van der Waals surface area contributed by atoms with E-state index in [0.29, 0.717) is 6.54 Å². The number of aryl methyl sites for hydroxylation is 1. The molecule has 1 atom stereocenters. The Labute approximate surface area is 118 Å². The van der Waals surface area contributed by atoms with E-state index in [-0.39, 0.29) is 16.7 Å². The van der Waals surface area contributed by atoms with Gasteiger partial charge in [0.05, 0.1) is 4.92 Å². The van der Waals surface area contributed by atoms with Crippen molar-refractivity contribution in [3.63, 3.8) is 0 Å². The number of rotatable bonds is 5. The molecule has 104 valence electrons. The van der Waals surface area contributed by atoms with Crippen LogP contribution in [-0.2, 0) is 6.54 Å². The van der Waals surface area contributed by atoms with Gasteiger partial charge in [-0.05, 0) is 25.0 Å². The van der Waals surface area contributed by atoms with E-state index in [0.717, 1.165) is 5.56 Å². The molecule has 0 aliphatic heterocycles. The van der Waals surface area contributed by atoms with E-state index >= 15 is 0 Å². The van der Waals surface area contributed by atoms with Crippen LogP contribution in [0.1, 0.15) is 29.7 Å². The molecule has 20 heavy (non-hydrogen) atoms. The third-order valence-electron chi connectivity index (χ3n) is 3.34. The van der Waals surface area contributed by atoms with Gasteiger partial charge in [0.25, 0.3) is 5.69 Å². The lowest BCUT2D eigenvalue weighted by molar-refractivity contribution is -0.384. The van der Waals surface area contributed by atoms with Gasteiger partial charge < -0.3 is 5.32 Å². The molecular formula is C16H18N2O2. The van der Waals surface area contributed by atoms with Gasteiger partial charge >= 0.3 is 0 Å². The minimum atomic E-state index is -0.383. The van der Waals surface area contributed by atoms with Crippen LogP contribution < -0.4 is 5.32 Å². The molecule has 0 spiro atoms. The molecule has 2 aromatic rings. The number of benzene rings is 2. The van der Waals surface area contributed by atoms with Gasteiger partial charge in [0.15, 0.2) is 0 Å². The summed E-state index contributed by atoms with van der Waals surface area (Å²) >= 11 is 0. The number of nitrogens with zero attached hydrogens (tertiary/aromatic N) is 1. The summed E-state index contributed by atoms with van der Waals surface area (Å²) in [5.41, 5.74) is 3.64. The molecule has 0 saturated heterocycles. The fourth-order valence-electron chi connectivity index (χ4n) is 1.98. The third-order valence-corrected chi connectivity index (χ3v) is 3.34. The van der Waals surface area contributed by atoms with Crippen LogP contribution in [0.25, 0.3) is 0 Å². The average molecular weight is 270 g/mol. The van der Waals surface area contributed by atoms with Gasteiger partial charge in [-0.1, -0.05) is 42.0 Å². The van der Waals surface area contributed by atoms with Crippen LogP contribution in [0.2, 0.25) is 0 Å². The van der Waals surface area contributed by atoms with Crippen molar-refractivity contribution in [1.82, 2.24) is 5.32 Å². The van der Waals surface area contributed by atoms with Crippen LogP contribution in [0.4, 0.5) is 5.69 Å². The standard InChI is InChI=1S/C16H18N2O2/c1-12-3-7-15(8-4-12)13(2)17-11-14-5-9-16(10-6-14)18(19)20/h3-10,13,17H,11H2,1-2H3/t13-/m1/s1. The summed E-state index contributed by atoms with van der Waals surface area (Å²) in [7, 11) is 0. The SMILES string of the molecule is Cc1ccc([C@@H](C)NCc2ccc([N+](=O)[O-])cc2)cc1. The van der Waals surface area contributed by atoms with E-state index < -0.39 is 0 Å².